The van der Waals surface area contributed by atoms with E-state index < -0.39 is 5.97 Å². The number of pyridine rings is 1. The molecule has 0 saturated carbocycles. The van der Waals surface area contributed by atoms with Crippen molar-refractivity contribution in [1.29, 1.82) is 0 Å². The Kier molecular flexibility index (Phi) is 2.63. The van der Waals surface area contributed by atoms with Gasteiger partial charge < -0.3 is 10.8 Å². The van der Waals surface area contributed by atoms with Gasteiger partial charge in [-0.15, -0.1) is 0 Å². The molecular formula is C9H12N2O2. The molecule has 0 atom stereocenters. The SMILES string of the molecule is Cc1ncc(CN)c(C)c1C(=O)O. The van der Waals surface area contributed by atoms with Gasteiger partial charge in [0.2, 0.25) is 0 Å². The van der Waals surface area contributed by atoms with Crippen molar-refractivity contribution in [2.24, 2.45) is 5.73 Å². The summed E-state index contributed by atoms with van der Waals surface area (Å²) in [7, 11) is 0. The molecule has 3 N–H and O–H groups in total. The van der Waals surface area contributed by atoms with Crippen LogP contribution in [0.3, 0.4) is 0 Å². The van der Waals surface area contributed by atoms with Crippen molar-refractivity contribution in [3.63, 3.8) is 0 Å². The van der Waals surface area contributed by atoms with Crippen LogP contribution in [0.2, 0.25) is 0 Å². The van der Waals surface area contributed by atoms with Gasteiger partial charge in [-0.3, -0.25) is 4.98 Å². The zero-order valence-corrected chi connectivity index (χ0v) is 7.66. The fourth-order valence-corrected chi connectivity index (χ4v) is 1.29. The van der Waals surface area contributed by atoms with Gasteiger partial charge in [0.1, 0.15) is 0 Å². The van der Waals surface area contributed by atoms with Gasteiger partial charge >= 0.3 is 5.97 Å². The molecule has 70 valence electrons. The molecule has 4 heteroatoms. The van der Waals surface area contributed by atoms with Crippen LogP contribution in [0, 0.1) is 13.8 Å². The van der Waals surface area contributed by atoms with Gasteiger partial charge in [0.25, 0.3) is 0 Å². The molecule has 0 saturated heterocycles. The Morgan fingerprint density at radius 3 is 2.69 bits per heavy atom. The molecule has 0 radical (unpaired) electrons. The van der Waals surface area contributed by atoms with Gasteiger partial charge in [0.05, 0.1) is 11.3 Å². The van der Waals surface area contributed by atoms with Crippen LogP contribution in [0.25, 0.3) is 0 Å². The van der Waals surface area contributed by atoms with E-state index in [1.54, 1.807) is 20.0 Å². The van der Waals surface area contributed by atoms with Crippen molar-refractivity contribution in [2.45, 2.75) is 20.4 Å². The molecular weight excluding hydrogens is 168 g/mol. The number of hydrogen-bond donors (Lipinski definition) is 2. The first-order chi connectivity index (χ1) is 6.07. The lowest BCUT2D eigenvalue weighted by Gasteiger charge is -2.08. The second-order valence-corrected chi connectivity index (χ2v) is 2.88. The average Bonchev–Trinajstić information content (AvgIpc) is 2.04. The Morgan fingerprint density at radius 1 is 1.62 bits per heavy atom. The Labute approximate surface area is 76.4 Å². The quantitative estimate of drug-likeness (QED) is 0.707. The summed E-state index contributed by atoms with van der Waals surface area (Å²) in [4.78, 5) is 14.8. The van der Waals surface area contributed by atoms with E-state index in [9.17, 15) is 4.79 Å². The summed E-state index contributed by atoms with van der Waals surface area (Å²) >= 11 is 0. The molecule has 1 rings (SSSR count). The lowest BCUT2D eigenvalue weighted by molar-refractivity contribution is 0.0694. The first-order valence-corrected chi connectivity index (χ1v) is 3.96. The normalized spacial score (nSPS) is 10.1. The van der Waals surface area contributed by atoms with Crippen LogP contribution in [0.5, 0.6) is 0 Å². The van der Waals surface area contributed by atoms with Crippen LogP contribution in [0.1, 0.15) is 27.2 Å². The molecule has 0 spiro atoms. The molecule has 0 aliphatic heterocycles. The number of aryl methyl sites for hydroxylation is 1. The van der Waals surface area contributed by atoms with Crippen LogP contribution in [-0.2, 0) is 6.54 Å². The van der Waals surface area contributed by atoms with E-state index in [1.807, 2.05) is 0 Å². The highest BCUT2D eigenvalue weighted by Crippen LogP contribution is 2.15. The van der Waals surface area contributed by atoms with E-state index in [0.717, 1.165) is 5.56 Å². The molecule has 1 aromatic rings. The van der Waals surface area contributed by atoms with E-state index in [4.69, 9.17) is 10.8 Å². The van der Waals surface area contributed by atoms with Crippen LogP contribution >= 0.6 is 0 Å². The minimum Gasteiger partial charge on any atom is -0.478 e. The second-order valence-electron chi connectivity index (χ2n) is 2.88. The van der Waals surface area contributed by atoms with Gasteiger partial charge in [-0.25, -0.2) is 4.79 Å². The molecule has 0 bridgehead atoms. The largest absolute Gasteiger partial charge is 0.478 e. The lowest BCUT2D eigenvalue weighted by atomic mass is 10.0. The molecule has 0 fully saturated rings. The van der Waals surface area contributed by atoms with Crippen molar-refractivity contribution >= 4 is 5.97 Å². The number of aromatic carboxylic acids is 1. The lowest BCUT2D eigenvalue weighted by Crippen LogP contribution is -2.09. The molecule has 1 aromatic heterocycles. The highest BCUT2D eigenvalue weighted by atomic mass is 16.4. The highest BCUT2D eigenvalue weighted by molar-refractivity contribution is 5.90. The summed E-state index contributed by atoms with van der Waals surface area (Å²) in [5, 5.41) is 8.89. The fraction of sp³-hybridized carbons (Fsp3) is 0.333. The van der Waals surface area contributed by atoms with Crippen molar-refractivity contribution in [1.82, 2.24) is 4.98 Å². The highest BCUT2D eigenvalue weighted by Gasteiger charge is 2.13. The average molecular weight is 180 g/mol. The number of nitrogens with two attached hydrogens (primary N) is 1. The number of carboxylic acids is 1. The number of hydrogen-bond acceptors (Lipinski definition) is 3. The van der Waals surface area contributed by atoms with E-state index in [2.05, 4.69) is 4.98 Å². The van der Waals surface area contributed by atoms with Gasteiger partial charge in [-0.1, -0.05) is 0 Å². The summed E-state index contributed by atoms with van der Waals surface area (Å²) in [6.07, 6.45) is 1.62. The second kappa shape index (κ2) is 3.53. The van der Waals surface area contributed by atoms with Crippen molar-refractivity contribution in [3.8, 4) is 0 Å². The molecule has 0 unspecified atom stereocenters. The van der Waals surface area contributed by atoms with E-state index in [1.165, 1.54) is 0 Å². The molecule has 13 heavy (non-hydrogen) atoms. The van der Waals surface area contributed by atoms with Crippen molar-refractivity contribution in [2.75, 3.05) is 0 Å². The Morgan fingerprint density at radius 2 is 2.23 bits per heavy atom. The number of rotatable bonds is 2. The Balaban J connectivity index is 3.38. The monoisotopic (exact) mass is 180 g/mol. The predicted molar refractivity (Wildman–Crippen MR) is 48.6 cm³/mol. The topological polar surface area (TPSA) is 76.2 Å². The molecule has 1 heterocycles. The van der Waals surface area contributed by atoms with Crippen molar-refractivity contribution in [3.05, 3.63) is 28.6 Å². The van der Waals surface area contributed by atoms with Crippen LogP contribution in [-0.4, -0.2) is 16.1 Å². The van der Waals surface area contributed by atoms with Crippen LogP contribution in [0.4, 0.5) is 0 Å². The van der Waals surface area contributed by atoms with Crippen LogP contribution in [0.15, 0.2) is 6.20 Å². The summed E-state index contributed by atoms with van der Waals surface area (Å²) in [5.41, 5.74) is 7.72. The summed E-state index contributed by atoms with van der Waals surface area (Å²) in [6.45, 7) is 3.75. The van der Waals surface area contributed by atoms with E-state index in [-0.39, 0.29) is 5.56 Å². The summed E-state index contributed by atoms with van der Waals surface area (Å²) in [6, 6.07) is 0. The smallest absolute Gasteiger partial charge is 0.337 e. The van der Waals surface area contributed by atoms with Gasteiger partial charge in [0, 0.05) is 12.7 Å². The van der Waals surface area contributed by atoms with E-state index >= 15 is 0 Å². The minimum absolute atomic E-state index is 0.267. The fourth-order valence-electron chi connectivity index (χ4n) is 1.29. The Bertz CT molecular complexity index is 348. The first kappa shape index (κ1) is 9.67. The molecule has 0 aliphatic carbocycles. The van der Waals surface area contributed by atoms with Gasteiger partial charge in [-0.2, -0.15) is 0 Å². The maximum absolute atomic E-state index is 10.8. The minimum atomic E-state index is -0.946. The first-order valence-electron chi connectivity index (χ1n) is 3.96. The Hall–Kier alpha value is -1.42. The third-order valence-corrected chi connectivity index (χ3v) is 2.07. The zero-order valence-electron chi connectivity index (χ0n) is 7.66. The number of aromatic nitrogens is 1. The number of carboxylic acid groups (broad SMARTS) is 1. The molecule has 0 amide bonds. The predicted octanol–water partition coefficient (Wildman–Crippen LogP) is 0.855. The third kappa shape index (κ3) is 1.67. The summed E-state index contributed by atoms with van der Waals surface area (Å²) < 4.78 is 0. The van der Waals surface area contributed by atoms with Gasteiger partial charge in [0.15, 0.2) is 0 Å². The van der Waals surface area contributed by atoms with Gasteiger partial charge in [-0.05, 0) is 25.0 Å². The standard InChI is InChI=1S/C9H12N2O2/c1-5-7(3-10)4-11-6(2)8(5)9(12)13/h4H,3,10H2,1-2H3,(H,12,13). The molecule has 0 aromatic carbocycles. The third-order valence-electron chi connectivity index (χ3n) is 2.07. The number of nitrogens with zero attached hydrogens (tertiary/aromatic N) is 1. The zero-order chi connectivity index (χ0) is 10.0. The molecule has 0 aliphatic rings. The molecule has 4 nitrogen and oxygen atoms in total. The van der Waals surface area contributed by atoms with Crippen LogP contribution < -0.4 is 5.73 Å². The summed E-state index contributed by atoms with van der Waals surface area (Å²) in [5.74, 6) is -0.946. The maximum atomic E-state index is 10.8. The van der Waals surface area contributed by atoms with Crippen molar-refractivity contribution < 1.29 is 9.90 Å². The van der Waals surface area contributed by atoms with E-state index in [0.29, 0.717) is 17.8 Å². The number of carbonyl (C=O) groups is 1. The maximum Gasteiger partial charge on any atom is 0.337 e.